The molecule has 4 nitrogen and oxygen atoms in total. The highest BCUT2D eigenvalue weighted by atomic mass is 16.4. The molecule has 0 radical (unpaired) electrons. The molecule has 19 heavy (non-hydrogen) atoms. The van der Waals surface area contributed by atoms with Crippen LogP contribution in [0.4, 0.5) is 0 Å². The number of nitrogens with zero attached hydrogens (tertiary/aromatic N) is 1. The fourth-order valence-electron chi connectivity index (χ4n) is 3.93. The minimum atomic E-state index is -0.766. The van der Waals surface area contributed by atoms with E-state index in [1.165, 1.54) is 0 Å². The van der Waals surface area contributed by atoms with E-state index >= 15 is 0 Å². The second kappa shape index (κ2) is 5.51. The van der Waals surface area contributed by atoms with Crippen molar-refractivity contribution in [3.05, 3.63) is 0 Å². The van der Waals surface area contributed by atoms with Crippen molar-refractivity contribution in [2.24, 2.45) is 11.3 Å². The average Bonchev–Trinajstić information content (AvgIpc) is 2.85. The highest BCUT2D eigenvalue weighted by molar-refractivity contribution is 5.79. The van der Waals surface area contributed by atoms with Gasteiger partial charge in [-0.25, -0.2) is 0 Å². The van der Waals surface area contributed by atoms with Crippen molar-refractivity contribution in [2.45, 2.75) is 64.8 Å². The first-order valence-electron chi connectivity index (χ1n) is 7.43. The standard InChI is InChI=1S/C15H25NO3/c1-11-7-12(2)16(10-11)13(17)8-15(9-14(18)19)5-3-4-6-15/h11-12H,3-10H2,1-2H3,(H,18,19). The molecule has 2 aliphatic rings. The van der Waals surface area contributed by atoms with Crippen molar-refractivity contribution >= 4 is 11.9 Å². The Hall–Kier alpha value is -1.06. The first kappa shape index (κ1) is 14.4. The number of carbonyl (C=O) groups is 2. The molecule has 1 aliphatic carbocycles. The molecule has 1 amide bonds. The Balaban J connectivity index is 2.01. The number of aliphatic carboxylic acids is 1. The molecule has 1 heterocycles. The largest absolute Gasteiger partial charge is 0.481 e. The summed E-state index contributed by atoms with van der Waals surface area (Å²) in [4.78, 5) is 25.5. The lowest BCUT2D eigenvalue weighted by molar-refractivity contribution is -0.141. The maximum atomic E-state index is 12.5. The van der Waals surface area contributed by atoms with Gasteiger partial charge in [-0.15, -0.1) is 0 Å². The molecule has 1 N–H and O–H groups in total. The maximum absolute atomic E-state index is 12.5. The van der Waals surface area contributed by atoms with Crippen molar-refractivity contribution in [1.29, 1.82) is 0 Å². The van der Waals surface area contributed by atoms with Crippen LogP contribution in [0.5, 0.6) is 0 Å². The van der Waals surface area contributed by atoms with Gasteiger partial charge in [0.2, 0.25) is 5.91 Å². The second-order valence-corrected chi connectivity index (χ2v) is 6.69. The maximum Gasteiger partial charge on any atom is 0.303 e. The number of carbonyl (C=O) groups excluding carboxylic acids is 1. The van der Waals surface area contributed by atoms with Crippen molar-refractivity contribution in [3.8, 4) is 0 Å². The number of hydrogen-bond donors (Lipinski definition) is 1. The van der Waals surface area contributed by atoms with E-state index in [0.29, 0.717) is 18.4 Å². The van der Waals surface area contributed by atoms with Gasteiger partial charge < -0.3 is 10.0 Å². The fraction of sp³-hybridized carbons (Fsp3) is 0.867. The first-order valence-corrected chi connectivity index (χ1v) is 7.43. The molecule has 2 fully saturated rings. The van der Waals surface area contributed by atoms with Crippen LogP contribution in [0.1, 0.15) is 58.8 Å². The normalized spacial score (nSPS) is 29.7. The van der Waals surface area contributed by atoms with E-state index in [4.69, 9.17) is 5.11 Å². The van der Waals surface area contributed by atoms with Crippen LogP contribution in [-0.2, 0) is 9.59 Å². The zero-order valence-electron chi connectivity index (χ0n) is 12.0. The molecule has 0 aromatic heterocycles. The minimum absolute atomic E-state index is 0.149. The Morgan fingerprint density at radius 1 is 1.21 bits per heavy atom. The summed E-state index contributed by atoms with van der Waals surface area (Å²) in [6.45, 7) is 5.11. The average molecular weight is 267 g/mol. The molecule has 4 heteroatoms. The first-order chi connectivity index (χ1) is 8.92. The molecule has 0 bridgehead atoms. The van der Waals surface area contributed by atoms with E-state index in [9.17, 15) is 9.59 Å². The van der Waals surface area contributed by atoms with Crippen LogP contribution in [0.15, 0.2) is 0 Å². The summed E-state index contributed by atoms with van der Waals surface area (Å²) in [5.41, 5.74) is -0.269. The molecule has 0 aromatic carbocycles. The van der Waals surface area contributed by atoms with E-state index in [2.05, 4.69) is 13.8 Å². The molecule has 1 aliphatic heterocycles. The number of likely N-dealkylation sites (tertiary alicyclic amines) is 1. The molecule has 1 saturated carbocycles. The van der Waals surface area contributed by atoms with Crippen LogP contribution >= 0.6 is 0 Å². The van der Waals surface area contributed by atoms with E-state index in [1.54, 1.807) is 0 Å². The molecule has 2 unspecified atom stereocenters. The highest BCUT2D eigenvalue weighted by Crippen LogP contribution is 2.44. The predicted octanol–water partition coefficient (Wildman–Crippen LogP) is 2.67. The van der Waals surface area contributed by atoms with Crippen LogP contribution < -0.4 is 0 Å². The molecule has 1 saturated heterocycles. The summed E-state index contributed by atoms with van der Waals surface area (Å²) < 4.78 is 0. The second-order valence-electron chi connectivity index (χ2n) is 6.69. The SMILES string of the molecule is CC1CC(C)N(C(=O)CC2(CC(=O)O)CCCC2)C1. The monoisotopic (exact) mass is 267 g/mol. The smallest absolute Gasteiger partial charge is 0.303 e. The fourth-order valence-corrected chi connectivity index (χ4v) is 3.93. The van der Waals surface area contributed by atoms with E-state index in [1.807, 2.05) is 4.90 Å². The Morgan fingerprint density at radius 2 is 1.84 bits per heavy atom. The lowest BCUT2D eigenvalue weighted by atomic mass is 9.79. The summed E-state index contributed by atoms with van der Waals surface area (Å²) in [5, 5.41) is 9.09. The van der Waals surface area contributed by atoms with Crippen molar-refractivity contribution in [3.63, 3.8) is 0 Å². The molecule has 108 valence electrons. The van der Waals surface area contributed by atoms with Gasteiger partial charge in [0.05, 0.1) is 6.42 Å². The van der Waals surface area contributed by atoms with Gasteiger partial charge in [0, 0.05) is 19.0 Å². The summed E-state index contributed by atoms with van der Waals surface area (Å²) >= 11 is 0. The van der Waals surface area contributed by atoms with Crippen LogP contribution in [-0.4, -0.2) is 34.5 Å². The lowest BCUT2D eigenvalue weighted by Crippen LogP contribution is -2.38. The Labute approximate surface area is 115 Å². The van der Waals surface area contributed by atoms with Gasteiger partial charge in [-0.3, -0.25) is 9.59 Å². The summed E-state index contributed by atoms with van der Waals surface area (Å²) in [6, 6.07) is 0.311. The lowest BCUT2D eigenvalue weighted by Gasteiger charge is -2.30. The van der Waals surface area contributed by atoms with Crippen LogP contribution in [0, 0.1) is 11.3 Å². The van der Waals surface area contributed by atoms with Gasteiger partial charge in [0.15, 0.2) is 0 Å². The number of carboxylic acid groups (broad SMARTS) is 1. The molecule has 0 spiro atoms. The van der Waals surface area contributed by atoms with Crippen LogP contribution in [0.25, 0.3) is 0 Å². The third kappa shape index (κ3) is 3.28. The summed E-state index contributed by atoms with van der Waals surface area (Å²) in [7, 11) is 0. The van der Waals surface area contributed by atoms with Crippen LogP contribution in [0.2, 0.25) is 0 Å². The Morgan fingerprint density at radius 3 is 2.32 bits per heavy atom. The summed E-state index contributed by atoms with van der Waals surface area (Å²) in [5.74, 6) is -0.0320. The molecule has 2 atom stereocenters. The predicted molar refractivity (Wildman–Crippen MR) is 72.7 cm³/mol. The number of rotatable bonds is 4. The number of amides is 1. The number of carboxylic acids is 1. The molecular weight excluding hydrogens is 242 g/mol. The quantitative estimate of drug-likeness (QED) is 0.852. The zero-order valence-corrected chi connectivity index (χ0v) is 12.0. The Kier molecular flexibility index (Phi) is 4.16. The third-order valence-corrected chi connectivity index (χ3v) is 4.82. The molecule has 0 aromatic rings. The Bertz CT molecular complexity index is 360. The van der Waals surface area contributed by atoms with E-state index in [-0.39, 0.29) is 17.7 Å². The molecule has 2 rings (SSSR count). The third-order valence-electron chi connectivity index (χ3n) is 4.82. The van der Waals surface area contributed by atoms with Gasteiger partial charge in [-0.2, -0.15) is 0 Å². The van der Waals surface area contributed by atoms with E-state index < -0.39 is 5.97 Å². The molecular formula is C15H25NO3. The van der Waals surface area contributed by atoms with E-state index in [0.717, 1.165) is 38.6 Å². The van der Waals surface area contributed by atoms with Crippen LogP contribution in [0.3, 0.4) is 0 Å². The van der Waals surface area contributed by atoms with Gasteiger partial charge in [-0.05, 0) is 37.5 Å². The van der Waals surface area contributed by atoms with Crippen molar-refractivity contribution in [2.75, 3.05) is 6.54 Å². The van der Waals surface area contributed by atoms with Crippen molar-refractivity contribution < 1.29 is 14.7 Å². The van der Waals surface area contributed by atoms with Gasteiger partial charge in [0.1, 0.15) is 0 Å². The summed E-state index contributed by atoms with van der Waals surface area (Å²) in [6.07, 6.45) is 5.55. The van der Waals surface area contributed by atoms with Gasteiger partial charge in [0.25, 0.3) is 0 Å². The topological polar surface area (TPSA) is 57.6 Å². The highest BCUT2D eigenvalue weighted by Gasteiger charge is 2.40. The van der Waals surface area contributed by atoms with Gasteiger partial charge in [-0.1, -0.05) is 19.8 Å². The van der Waals surface area contributed by atoms with Crippen molar-refractivity contribution in [1.82, 2.24) is 4.90 Å². The minimum Gasteiger partial charge on any atom is -0.481 e. The van der Waals surface area contributed by atoms with Gasteiger partial charge >= 0.3 is 5.97 Å². The zero-order chi connectivity index (χ0) is 14.0. The number of hydrogen-bond acceptors (Lipinski definition) is 2.